The van der Waals surface area contributed by atoms with E-state index in [0.717, 1.165) is 6.07 Å². The molecule has 0 fully saturated rings. The van der Waals surface area contributed by atoms with E-state index in [9.17, 15) is 13.6 Å². The van der Waals surface area contributed by atoms with Gasteiger partial charge in [0.05, 0.1) is 13.5 Å². The molecule has 1 rings (SSSR count). The van der Waals surface area contributed by atoms with Gasteiger partial charge in [-0.05, 0) is 11.6 Å². The summed E-state index contributed by atoms with van der Waals surface area (Å²) in [6.45, 7) is 1.62. The van der Waals surface area contributed by atoms with Crippen molar-refractivity contribution in [1.29, 1.82) is 0 Å². The lowest BCUT2D eigenvalue weighted by Gasteiger charge is -2.27. The Morgan fingerprint density at radius 1 is 1.47 bits per heavy atom. The smallest absolute Gasteiger partial charge is 0.306 e. The van der Waals surface area contributed by atoms with Gasteiger partial charge < -0.3 is 10.5 Å². The van der Waals surface area contributed by atoms with Gasteiger partial charge in [0, 0.05) is 12.0 Å². The highest BCUT2D eigenvalue weighted by molar-refractivity contribution is 5.71. The van der Waals surface area contributed by atoms with Crippen molar-refractivity contribution < 1.29 is 18.3 Å². The molecule has 1 aromatic carbocycles. The molecular weight excluding hydrogens is 228 g/mol. The second-order valence-corrected chi connectivity index (χ2v) is 4.12. The maximum Gasteiger partial charge on any atom is 0.306 e. The van der Waals surface area contributed by atoms with Crippen LogP contribution in [0, 0.1) is 11.6 Å². The molecule has 2 N–H and O–H groups in total. The first-order valence-corrected chi connectivity index (χ1v) is 5.16. The molecule has 1 aromatic rings. The fraction of sp³-hybridized carbons (Fsp3) is 0.417. The van der Waals surface area contributed by atoms with Gasteiger partial charge in [-0.15, -0.1) is 0 Å². The number of nitrogens with two attached hydrogens (primary N) is 1. The predicted octanol–water partition coefficient (Wildman–Crippen LogP) is 1.74. The summed E-state index contributed by atoms with van der Waals surface area (Å²) in [5.41, 5.74) is 4.68. The summed E-state index contributed by atoms with van der Waals surface area (Å²) in [6.07, 6.45) is -0.0969. The lowest BCUT2D eigenvalue weighted by molar-refractivity contribution is -0.141. The van der Waals surface area contributed by atoms with Gasteiger partial charge in [-0.3, -0.25) is 4.79 Å². The van der Waals surface area contributed by atoms with Crippen LogP contribution in [0.1, 0.15) is 18.9 Å². The monoisotopic (exact) mass is 243 g/mol. The number of hydrogen-bond acceptors (Lipinski definition) is 3. The molecule has 0 radical (unpaired) electrons. The lowest BCUT2D eigenvalue weighted by Crippen LogP contribution is -2.35. The van der Waals surface area contributed by atoms with Gasteiger partial charge in [-0.2, -0.15) is 0 Å². The molecule has 0 aliphatic carbocycles. The Balaban J connectivity index is 3.16. The van der Waals surface area contributed by atoms with Crippen LogP contribution < -0.4 is 5.73 Å². The van der Waals surface area contributed by atoms with E-state index in [1.165, 1.54) is 19.2 Å². The Morgan fingerprint density at radius 3 is 2.65 bits per heavy atom. The Bertz CT molecular complexity index is 423. The van der Waals surface area contributed by atoms with Gasteiger partial charge in [-0.25, -0.2) is 8.78 Å². The molecule has 0 amide bonds. The van der Waals surface area contributed by atoms with Gasteiger partial charge in [-0.1, -0.05) is 19.1 Å². The molecule has 3 nitrogen and oxygen atoms in total. The van der Waals surface area contributed by atoms with Gasteiger partial charge in [0.25, 0.3) is 0 Å². The van der Waals surface area contributed by atoms with Crippen LogP contribution in [0.2, 0.25) is 0 Å². The largest absolute Gasteiger partial charge is 0.469 e. The van der Waals surface area contributed by atoms with Crippen molar-refractivity contribution in [3.63, 3.8) is 0 Å². The number of esters is 1. The summed E-state index contributed by atoms with van der Waals surface area (Å²) in [5, 5.41) is 0. The molecule has 0 saturated carbocycles. The molecule has 5 heteroatoms. The highest BCUT2D eigenvalue weighted by Crippen LogP contribution is 2.30. The number of rotatable bonds is 4. The number of ether oxygens (including phenoxy) is 1. The molecule has 17 heavy (non-hydrogen) atoms. The van der Waals surface area contributed by atoms with Crippen molar-refractivity contribution in [3.05, 3.63) is 35.4 Å². The normalized spacial score (nSPS) is 14.2. The molecular formula is C12H15F2NO2. The van der Waals surface area contributed by atoms with Crippen LogP contribution in [-0.2, 0) is 14.9 Å². The van der Waals surface area contributed by atoms with E-state index in [4.69, 9.17) is 5.73 Å². The number of hydrogen-bond donors (Lipinski definition) is 1. The highest BCUT2D eigenvalue weighted by atomic mass is 19.2. The molecule has 0 aromatic heterocycles. The van der Waals surface area contributed by atoms with Crippen LogP contribution in [0.4, 0.5) is 8.78 Å². The summed E-state index contributed by atoms with van der Waals surface area (Å²) in [7, 11) is 1.24. The van der Waals surface area contributed by atoms with Crippen LogP contribution in [0.15, 0.2) is 18.2 Å². The molecule has 0 spiro atoms. The average Bonchev–Trinajstić information content (AvgIpc) is 2.32. The second kappa shape index (κ2) is 5.23. The Labute approximate surface area is 98.6 Å². The summed E-state index contributed by atoms with van der Waals surface area (Å²) in [5.74, 6) is -2.43. The van der Waals surface area contributed by atoms with Crippen LogP contribution in [0.5, 0.6) is 0 Å². The zero-order valence-electron chi connectivity index (χ0n) is 9.80. The van der Waals surface area contributed by atoms with Crippen LogP contribution >= 0.6 is 0 Å². The van der Waals surface area contributed by atoms with Gasteiger partial charge in [0.2, 0.25) is 0 Å². The van der Waals surface area contributed by atoms with Crippen molar-refractivity contribution in [1.82, 2.24) is 0 Å². The minimum absolute atomic E-state index is 0.0163. The molecule has 0 heterocycles. The third-order valence-electron chi connectivity index (χ3n) is 2.81. The Morgan fingerprint density at radius 2 is 2.12 bits per heavy atom. The van der Waals surface area contributed by atoms with Gasteiger partial charge >= 0.3 is 5.97 Å². The summed E-state index contributed by atoms with van der Waals surface area (Å²) in [6, 6.07) is 3.83. The topological polar surface area (TPSA) is 52.3 Å². The van der Waals surface area contributed by atoms with Crippen molar-refractivity contribution in [2.45, 2.75) is 18.8 Å². The maximum absolute atomic E-state index is 13.7. The standard InChI is InChI=1S/C12H15F2NO2/c1-12(7-15,6-10(16)17-2)8-4-3-5-9(13)11(8)14/h3-5H,6-7,15H2,1-2H3. The summed E-state index contributed by atoms with van der Waals surface area (Å²) in [4.78, 5) is 11.3. The number of benzene rings is 1. The summed E-state index contributed by atoms with van der Waals surface area (Å²) < 4.78 is 31.3. The molecule has 1 unspecified atom stereocenters. The SMILES string of the molecule is COC(=O)CC(C)(CN)c1cccc(F)c1F. The van der Waals surface area contributed by atoms with Crippen molar-refractivity contribution in [3.8, 4) is 0 Å². The minimum atomic E-state index is -0.973. The van der Waals surface area contributed by atoms with E-state index in [2.05, 4.69) is 4.74 Å². The van der Waals surface area contributed by atoms with Crippen LogP contribution in [0.3, 0.4) is 0 Å². The fourth-order valence-electron chi connectivity index (χ4n) is 1.64. The van der Waals surface area contributed by atoms with E-state index in [1.54, 1.807) is 6.92 Å². The Hall–Kier alpha value is -1.49. The van der Waals surface area contributed by atoms with Crippen LogP contribution in [-0.4, -0.2) is 19.6 Å². The lowest BCUT2D eigenvalue weighted by atomic mass is 9.79. The van der Waals surface area contributed by atoms with Gasteiger partial charge in [0.15, 0.2) is 11.6 Å². The maximum atomic E-state index is 13.7. The summed E-state index contributed by atoms with van der Waals surface area (Å²) >= 11 is 0. The molecule has 0 saturated heterocycles. The van der Waals surface area contributed by atoms with E-state index in [-0.39, 0.29) is 18.5 Å². The number of halogens is 2. The fourth-order valence-corrected chi connectivity index (χ4v) is 1.64. The van der Waals surface area contributed by atoms with E-state index < -0.39 is 23.0 Å². The van der Waals surface area contributed by atoms with E-state index in [0.29, 0.717) is 0 Å². The molecule has 1 atom stereocenters. The minimum Gasteiger partial charge on any atom is -0.469 e. The number of carbonyl (C=O) groups excluding carboxylic acids is 1. The molecule has 0 aliphatic heterocycles. The first-order valence-electron chi connectivity index (χ1n) is 5.16. The average molecular weight is 243 g/mol. The predicted molar refractivity (Wildman–Crippen MR) is 59.4 cm³/mol. The van der Waals surface area contributed by atoms with E-state index in [1.807, 2.05) is 0 Å². The molecule has 0 aliphatic rings. The number of carbonyl (C=O) groups is 1. The zero-order valence-corrected chi connectivity index (χ0v) is 9.80. The second-order valence-electron chi connectivity index (χ2n) is 4.12. The zero-order chi connectivity index (χ0) is 13.1. The molecule has 94 valence electrons. The van der Waals surface area contributed by atoms with Crippen molar-refractivity contribution >= 4 is 5.97 Å². The third kappa shape index (κ3) is 2.79. The first kappa shape index (κ1) is 13.6. The van der Waals surface area contributed by atoms with Crippen molar-refractivity contribution in [2.24, 2.45) is 5.73 Å². The van der Waals surface area contributed by atoms with Gasteiger partial charge in [0.1, 0.15) is 0 Å². The molecule has 0 bridgehead atoms. The number of methoxy groups -OCH3 is 1. The first-order chi connectivity index (χ1) is 7.94. The van der Waals surface area contributed by atoms with Crippen molar-refractivity contribution in [2.75, 3.05) is 13.7 Å². The highest BCUT2D eigenvalue weighted by Gasteiger charge is 2.32. The van der Waals surface area contributed by atoms with E-state index >= 15 is 0 Å². The Kier molecular flexibility index (Phi) is 4.17. The quantitative estimate of drug-likeness (QED) is 0.819. The van der Waals surface area contributed by atoms with Crippen LogP contribution in [0.25, 0.3) is 0 Å². The third-order valence-corrected chi connectivity index (χ3v) is 2.81.